The quantitative estimate of drug-likeness (QED) is 0.932. The van der Waals surface area contributed by atoms with E-state index in [0.717, 1.165) is 0 Å². The molecule has 5 heteroatoms. The fourth-order valence-electron chi connectivity index (χ4n) is 1.81. The number of thiophene rings is 1. The van der Waals surface area contributed by atoms with E-state index in [1.165, 1.54) is 10.4 Å². The second kappa shape index (κ2) is 6.43. The van der Waals surface area contributed by atoms with Crippen LogP contribution in [0.25, 0.3) is 0 Å². The Morgan fingerprint density at radius 3 is 2.75 bits per heavy atom. The predicted molar refractivity (Wildman–Crippen MR) is 82.5 cm³/mol. The highest BCUT2D eigenvalue weighted by molar-refractivity contribution is 7.10. The van der Waals surface area contributed by atoms with Gasteiger partial charge in [0.1, 0.15) is 5.75 Å². The molecule has 2 rings (SSSR count). The Hall–Kier alpha value is -2.01. The van der Waals surface area contributed by atoms with Crippen LogP contribution < -0.4 is 10.1 Å². The number of nitrogens with zero attached hydrogens (tertiary/aromatic N) is 1. The number of rotatable bonds is 4. The normalized spacial score (nSPS) is 10.2. The number of urea groups is 1. The number of para-hydroxylation sites is 2. The van der Waals surface area contributed by atoms with Crippen molar-refractivity contribution in [3.8, 4) is 5.75 Å². The average molecular weight is 290 g/mol. The van der Waals surface area contributed by atoms with Crippen molar-refractivity contribution >= 4 is 23.1 Å². The lowest BCUT2D eigenvalue weighted by Crippen LogP contribution is -2.30. The molecule has 0 spiro atoms. The van der Waals surface area contributed by atoms with Crippen LogP contribution in [0.4, 0.5) is 10.5 Å². The summed E-state index contributed by atoms with van der Waals surface area (Å²) in [5, 5.41) is 4.90. The molecule has 0 saturated heterocycles. The molecular weight excluding hydrogens is 272 g/mol. The Labute approximate surface area is 123 Å². The first-order valence-corrected chi connectivity index (χ1v) is 7.18. The van der Waals surface area contributed by atoms with E-state index >= 15 is 0 Å². The van der Waals surface area contributed by atoms with Gasteiger partial charge in [-0.2, -0.15) is 0 Å². The number of benzene rings is 1. The van der Waals surface area contributed by atoms with E-state index in [4.69, 9.17) is 4.74 Å². The number of hydrogen-bond acceptors (Lipinski definition) is 3. The van der Waals surface area contributed by atoms with Gasteiger partial charge in [-0.25, -0.2) is 4.79 Å². The number of hydrogen-bond donors (Lipinski definition) is 1. The highest BCUT2D eigenvalue weighted by Crippen LogP contribution is 2.24. The van der Waals surface area contributed by atoms with Crippen LogP contribution in [-0.2, 0) is 6.54 Å². The van der Waals surface area contributed by atoms with Crippen LogP contribution in [-0.4, -0.2) is 25.1 Å². The summed E-state index contributed by atoms with van der Waals surface area (Å²) in [4.78, 5) is 15.0. The van der Waals surface area contributed by atoms with Crippen LogP contribution in [0.1, 0.15) is 10.4 Å². The predicted octanol–water partition coefficient (Wildman–Crippen LogP) is 3.73. The van der Waals surface area contributed by atoms with Crippen molar-refractivity contribution in [2.75, 3.05) is 19.5 Å². The van der Waals surface area contributed by atoms with Gasteiger partial charge in [0.25, 0.3) is 0 Å². The van der Waals surface area contributed by atoms with Gasteiger partial charge in [0, 0.05) is 11.9 Å². The molecule has 0 unspecified atom stereocenters. The summed E-state index contributed by atoms with van der Waals surface area (Å²) in [6.07, 6.45) is 0. The Kier molecular flexibility index (Phi) is 4.63. The number of anilines is 1. The van der Waals surface area contributed by atoms with Gasteiger partial charge in [0.05, 0.1) is 19.3 Å². The number of ether oxygens (including phenoxy) is 1. The van der Waals surface area contributed by atoms with Crippen molar-refractivity contribution in [2.45, 2.75) is 13.5 Å². The monoisotopic (exact) mass is 290 g/mol. The van der Waals surface area contributed by atoms with Gasteiger partial charge in [0.15, 0.2) is 0 Å². The van der Waals surface area contributed by atoms with E-state index in [1.807, 2.05) is 29.6 Å². The highest BCUT2D eigenvalue weighted by Gasteiger charge is 2.13. The lowest BCUT2D eigenvalue weighted by Gasteiger charge is -2.18. The van der Waals surface area contributed by atoms with Crippen molar-refractivity contribution in [3.05, 3.63) is 46.2 Å². The van der Waals surface area contributed by atoms with E-state index < -0.39 is 0 Å². The molecule has 2 amide bonds. The summed E-state index contributed by atoms with van der Waals surface area (Å²) in [6, 6.07) is 9.28. The van der Waals surface area contributed by atoms with Gasteiger partial charge in [-0.05, 0) is 36.1 Å². The zero-order chi connectivity index (χ0) is 14.5. The third kappa shape index (κ3) is 3.30. The number of aryl methyl sites for hydroxylation is 1. The molecular formula is C15H18N2O2S. The maximum atomic E-state index is 12.2. The molecule has 1 heterocycles. The fraction of sp³-hybridized carbons (Fsp3) is 0.267. The van der Waals surface area contributed by atoms with E-state index in [0.29, 0.717) is 18.0 Å². The molecule has 20 heavy (non-hydrogen) atoms. The molecule has 1 aromatic carbocycles. The SMILES string of the molecule is COc1ccccc1NC(=O)N(C)Cc1sccc1C. The summed E-state index contributed by atoms with van der Waals surface area (Å²) in [5.74, 6) is 0.654. The molecule has 0 aliphatic carbocycles. The van der Waals surface area contributed by atoms with Crippen LogP contribution >= 0.6 is 11.3 Å². The molecule has 0 saturated carbocycles. The lowest BCUT2D eigenvalue weighted by atomic mass is 10.3. The number of carbonyl (C=O) groups excluding carboxylic acids is 1. The zero-order valence-electron chi connectivity index (χ0n) is 11.8. The minimum Gasteiger partial charge on any atom is -0.495 e. The Morgan fingerprint density at radius 1 is 1.35 bits per heavy atom. The number of carbonyl (C=O) groups is 1. The molecule has 0 aliphatic rings. The summed E-state index contributed by atoms with van der Waals surface area (Å²) >= 11 is 1.66. The zero-order valence-corrected chi connectivity index (χ0v) is 12.7. The molecule has 0 atom stereocenters. The van der Waals surface area contributed by atoms with E-state index in [1.54, 1.807) is 30.4 Å². The minimum atomic E-state index is -0.151. The molecule has 1 aromatic heterocycles. The maximum absolute atomic E-state index is 12.2. The summed E-state index contributed by atoms with van der Waals surface area (Å²) in [5.41, 5.74) is 1.89. The Balaban J connectivity index is 2.02. The molecule has 0 aliphatic heterocycles. The molecule has 2 aromatic rings. The largest absolute Gasteiger partial charge is 0.495 e. The van der Waals surface area contributed by atoms with Crippen molar-refractivity contribution < 1.29 is 9.53 Å². The van der Waals surface area contributed by atoms with Crippen molar-refractivity contribution in [1.82, 2.24) is 4.90 Å². The van der Waals surface area contributed by atoms with E-state index in [-0.39, 0.29) is 6.03 Å². The topological polar surface area (TPSA) is 41.6 Å². The number of nitrogens with one attached hydrogen (secondary N) is 1. The van der Waals surface area contributed by atoms with Crippen LogP contribution in [0.5, 0.6) is 5.75 Å². The number of methoxy groups -OCH3 is 1. The van der Waals surface area contributed by atoms with Crippen LogP contribution in [0.2, 0.25) is 0 Å². The fourth-order valence-corrected chi connectivity index (χ4v) is 2.77. The maximum Gasteiger partial charge on any atom is 0.322 e. The molecule has 0 fully saturated rings. The van der Waals surface area contributed by atoms with Gasteiger partial charge < -0.3 is 15.0 Å². The minimum absolute atomic E-state index is 0.151. The lowest BCUT2D eigenvalue weighted by molar-refractivity contribution is 0.221. The van der Waals surface area contributed by atoms with Crippen LogP contribution in [0.15, 0.2) is 35.7 Å². The van der Waals surface area contributed by atoms with E-state index in [2.05, 4.69) is 18.3 Å². The van der Waals surface area contributed by atoms with Crippen molar-refractivity contribution in [3.63, 3.8) is 0 Å². The Bertz CT molecular complexity index is 595. The molecule has 4 nitrogen and oxygen atoms in total. The highest BCUT2D eigenvalue weighted by atomic mass is 32.1. The standard InChI is InChI=1S/C15H18N2O2S/c1-11-8-9-20-14(11)10-17(2)15(18)16-12-6-4-5-7-13(12)19-3/h4-9H,10H2,1-3H3,(H,16,18). The smallest absolute Gasteiger partial charge is 0.322 e. The van der Waals surface area contributed by atoms with E-state index in [9.17, 15) is 4.79 Å². The first kappa shape index (κ1) is 14.4. The third-order valence-corrected chi connectivity index (χ3v) is 4.05. The van der Waals surface area contributed by atoms with Crippen LogP contribution in [0.3, 0.4) is 0 Å². The van der Waals surface area contributed by atoms with Gasteiger partial charge >= 0.3 is 6.03 Å². The third-order valence-electron chi connectivity index (χ3n) is 3.04. The number of amides is 2. The molecule has 1 N–H and O–H groups in total. The molecule has 0 bridgehead atoms. The second-order valence-corrected chi connectivity index (χ2v) is 5.51. The molecule has 106 valence electrons. The van der Waals surface area contributed by atoms with Gasteiger partial charge in [-0.15, -0.1) is 11.3 Å². The first-order valence-electron chi connectivity index (χ1n) is 6.30. The summed E-state index contributed by atoms with van der Waals surface area (Å²) in [7, 11) is 3.37. The second-order valence-electron chi connectivity index (χ2n) is 4.51. The van der Waals surface area contributed by atoms with Gasteiger partial charge in [-0.1, -0.05) is 12.1 Å². The first-order chi connectivity index (χ1) is 9.61. The van der Waals surface area contributed by atoms with Gasteiger partial charge in [0.2, 0.25) is 0 Å². The summed E-state index contributed by atoms with van der Waals surface area (Å²) < 4.78 is 5.22. The van der Waals surface area contributed by atoms with Gasteiger partial charge in [-0.3, -0.25) is 0 Å². The summed E-state index contributed by atoms with van der Waals surface area (Å²) in [6.45, 7) is 2.66. The molecule has 0 radical (unpaired) electrons. The Morgan fingerprint density at radius 2 is 2.10 bits per heavy atom. The van der Waals surface area contributed by atoms with Crippen molar-refractivity contribution in [1.29, 1.82) is 0 Å². The average Bonchev–Trinajstić information content (AvgIpc) is 2.84. The van der Waals surface area contributed by atoms with Crippen LogP contribution in [0, 0.1) is 6.92 Å². The van der Waals surface area contributed by atoms with Crippen molar-refractivity contribution in [2.24, 2.45) is 0 Å².